The van der Waals surface area contributed by atoms with Crippen LogP contribution in [0.3, 0.4) is 0 Å². The first-order valence-corrected chi connectivity index (χ1v) is 6.14. The molecule has 0 fully saturated rings. The van der Waals surface area contributed by atoms with Gasteiger partial charge in [0.15, 0.2) is 0 Å². The fourth-order valence-electron chi connectivity index (χ4n) is 1.26. The van der Waals surface area contributed by atoms with Crippen LogP contribution in [-0.4, -0.2) is 23.2 Å². The summed E-state index contributed by atoms with van der Waals surface area (Å²) >= 11 is 11.5. The molecule has 16 heavy (non-hydrogen) atoms. The van der Waals surface area contributed by atoms with E-state index in [1.807, 2.05) is 6.92 Å². The Labute approximate surface area is 105 Å². The SMILES string of the molecule is CCc1occc1C(=O)NC(C)(CCl)CCl. The first-order valence-electron chi connectivity index (χ1n) is 5.07. The van der Waals surface area contributed by atoms with Crippen molar-refractivity contribution in [2.24, 2.45) is 0 Å². The summed E-state index contributed by atoms with van der Waals surface area (Å²) in [7, 11) is 0. The third-order valence-electron chi connectivity index (χ3n) is 2.32. The van der Waals surface area contributed by atoms with Crippen LogP contribution < -0.4 is 5.32 Å². The first kappa shape index (κ1) is 13.4. The zero-order valence-electron chi connectivity index (χ0n) is 9.35. The van der Waals surface area contributed by atoms with E-state index in [0.29, 0.717) is 17.7 Å². The lowest BCUT2D eigenvalue weighted by Crippen LogP contribution is -2.49. The Morgan fingerprint density at radius 3 is 2.62 bits per heavy atom. The number of hydrogen-bond acceptors (Lipinski definition) is 2. The molecule has 1 aromatic rings. The molecular formula is C11H15Cl2NO2. The Morgan fingerprint density at radius 2 is 2.12 bits per heavy atom. The second-order valence-electron chi connectivity index (χ2n) is 3.89. The minimum Gasteiger partial charge on any atom is -0.469 e. The van der Waals surface area contributed by atoms with Crippen molar-refractivity contribution in [3.63, 3.8) is 0 Å². The first-order chi connectivity index (χ1) is 7.56. The highest BCUT2D eigenvalue weighted by Gasteiger charge is 2.26. The fraction of sp³-hybridized carbons (Fsp3) is 0.545. The van der Waals surface area contributed by atoms with Crippen molar-refractivity contribution in [2.75, 3.05) is 11.8 Å². The molecule has 0 bridgehead atoms. The predicted octanol–water partition coefficient (Wildman–Crippen LogP) is 2.81. The molecule has 1 heterocycles. The third kappa shape index (κ3) is 2.92. The summed E-state index contributed by atoms with van der Waals surface area (Å²) in [6.45, 7) is 3.73. The lowest BCUT2D eigenvalue weighted by atomic mass is 10.1. The van der Waals surface area contributed by atoms with E-state index in [9.17, 15) is 4.79 Å². The van der Waals surface area contributed by atoms with Crippen LogP contribution in [0.5, 0.6) is 0 Å². The topological polar surface area (TPSA) is 42.2 Å². The van der Waals surface area contributed by atoms with Gasteiger partial charge in [-0.05, 0) is 13.0 Å². The van der Waals surface area contributed by atoms with Crippen LogP contribution in [0.2, 0.25) is 0 Å². The van der Waals surface area contributed by atoms with Crippen LogP contribution in [0, 0.1) is 0 Å². The molecule has 0 unspecified atom stereocenters. The van der Waals surface area contributed by atoms with Crippen LogP contribution in [-0.2, 0) is 6.42 Å². The van der Waals surface area contributed by atoms with Crippen LogP contribution >= 0.6 is 23.2 Å². The molecule has 3 nitrogen and oxygen atoms in total. The summed E-state index contributed by atoms with van der Waals surface area (Å²) in [5.41, 5.74) is -0.0494. The molecule has 0 aliphatic heterocycles. The zero-order valence-corrected chi connectivity index (χ0v) is 10.9. The number of alkyl halides is 2. The molecule has 0 aliphatic rings. The smallest absolute Gasteiger partial charge is 0.255 e. The third-order valence-corrected chi connectivity index (χ3v) is 3.50. The van der Waals surface area contributed by atoms with Gasteiger partial charge in [0.2, 0.25) is 0 Å². The van der Waals surface area contributed by atoms with E-state index in [1.54, 1.807) is 13.0 Å². The number of nitrogens with one attached hydrogen (secondary N) is 1. The average molecular weight is 264 g/mol. The number of aryl methyl sites for hydroxylation is 1. The second-order valence-corrected chi connectivity index (χ2v) is 4.43. The van der Waals surface area contributed by atoms with Crippen molar-refractivity contribution in [1.29, 1.82) is 0 Å². The number of carbonyl (C=O) groups is 1. The number of amides is 1. The number of furan rings is 1. The predicted molar refractivity (Wildman–Crippen MR) is 65.4 cm³/mol. The molecule has 5 heteroatoms. The molecule has 1 N–H and O–H groups in total. The van der Waals surface area contributed by atoms with Gasteiger partial charge in [-0.15, -0.1) is 23.2 Å². The van der Waals surface area contributed by atoms with Crippen molar-refractivity contribution in [3.8, 4) is 0 Å². The van der Waals surface area contributed by atoms with Crippen LogP contribution in [0.15, 0.2) is 16.7 Å². The molecule has 0 atom stereocenters. The van der Waals surface area contributed by atoms with Crippen LogP contribution in [0.4, 0.5) is 0 Å². The Balaban J connectivity index is 2.80. The monoisotopic (exact) mass is 263 g/mol. The van der Waals surface area contributed by atoms with Crippen molar-refractivity contribution in [2.45, 2.75) is 25.8 Å². The summed E-state index contributed by atoms with van der Waals surface area (Å²) < 4.78 is 5.19. The van der Waals surface area contributed by atoms with Gasteiger partial charge >= 0.3 is 0 Å². The number of carbonyl (C=O) groups excluding carboxylic acids is 1. The standard InChI is InChI=1S/C11H15Cl2NO2/c1-3-9-8(4-5-16-9)10(15)14-11(2,6-12)7-13/h4-5H,3,6-7H2,1-2H3,(H,14,15). The van der Waals surface area contributed by atoms with E-state index < -0.39 is 5.54 Å². The van der Waals surface area contributed by atoms with Crippen LogP contribution in [0.1, 0.15) is 30.0 Å². The van der Waals surface area contributed by atoms with Gasteiger partial charge in [-0.2, -0.15) is 0 Å². The lowest BCUT2D eigenvalue weighted by molar-refractivity contribution is 0.0919. The van der Waals surface area contributed by atoms with Crippen molar-refractivity contribution in [1.82, 2.24) is 5.32 Å². The molecule has 0 saturated heterocycles. The second kappa shape index (κ2) is 5.60. The maximum atomic E-state index is 11.9. The quantitative estimate of drug-likeness (QED) is 0.831. The molecule has 0 spiro atoms. The van der Waals surface area contributed by atoms with Gasteiger partial charge in [0.1, 0.15) is 5.76 Å². The Hall–Kier alpha value is -0.670. The van der Waals surface area contributed by atoms with Gasteiger partial charge in [0, 0.05) is 18.2 Å². The fourth-order valence-corrected chi connectivity index (χ4v) is 1.68. The van der Waals surface area contributed by atoms with Gasteiger partial charge in [0.25, 0.3) is 5.91 Å². The van der Waals surface area contributed by atoms with E-state index in [1.165, 1.54) is 6.26 Å². The molecule has 1 amide bonds. The molecule has 0 aromatic carbocycles. The van der Waals surface area contributed by atoms with E-state index in [2.05, 4.69) is 5.32 Å². The highest BCUT2D eigenvalue weighted by Crippen LogP contribution is 2.14. The summed E-state index contributed by atoms with van der Waals surface area (Å²) in [4.78, 5) is 11.9. The van der Waals surface area contributed by atoms with E-state index in [-0.39, 0.29) is 17.7 Å². The number of rotatable bonds is 5. The Kier molecular flexibility index (Phi) is 4.69. The Morgan fingerprint density at radius 1 is 1.50 bits per heavy atom. The van der Waals surface area contributed by atoms with Gasteiger partial charge in [-0.25, -0.2) is 0 Å². The molecule has 1 aromatic heterocycles. The normalized spacial score (nSPS) is 11.5. The number of hydrogen-bond donors (Lipinski definition) is 1. The maximum Gasteiger partial charge on any atom is 0.255 e. The molecule has 1 rings (SSSR count). The molecule has 90 valence electrons. The molecular weight excluding hydrogens is 249 g/mol. The summed E-state index contributed by atoms with van der Waals surface area (Å²) in [6.07, 6.45) is 2.18. The van der Waals surface area contributed by atoms with Gasteiger partial charge in [-0.1, -0.05) is 6.92 Å². The lowest BCUT2D eigenvalue weighted by Gasteiger charge is -2.25. The van der Waals surface area contributed by atoms with Crippen molar-refractivity contribution < 1.29 is 9.21 Å². The largest absolute Gasteiger partial charge is 0.469 e. The van der Waals surface area contributed by atoms with Gasteiger partial charge in [-0.3, -0.25) is 4.79 Å². The highest BCUT2D eigenvalue weighted by molar-refractivity contribution is 6.22. The summed E-state index contributed by atoms with van der Waals surface area (Å²) in [5, 5.41) is 2.81. The maximum absolute atomic E-state index is 11.9. The molecule has 0 saturated carbocycles. The van der Waals surface area contributed by atoms with Gasteiger partial charge < -0.3 is 9.73 Å². The Bertz CT molecular complexity index is 359. The minimum atomic E-state index is -0.595. The summed E-state index contributed by atoms with van der Waals surface area (Å²) in [6, 6.07) is 1.65. The molecule has 0 aliphatic carbocycles. The highest BCUT2D eigenvalue weighted by atomic mass is 35.5. The van der Waals surface area contributed by atoms with E-state index in [0.717, 1.165) is 0 Å². The van der Waals surface area contributed by atoms with Crippen LogP contribution in [0.25, 0.3) is 0 Å². The van der Waals surface area contributed by atoms with E-state index >= 15 is 0 Å². The van der Waals surface area contributed by atoms with Gasteiger partial charge in [0.05, 0.1) is 17.4 Å². The van der Waals surface area contributed by atoms with Crippen molar-refractivity contribution >= 4 is 29.1 Å². The summed E-state index contributed by atoms with van der Waals surface area (Å²) in [5.74, 6) is 1.00. The molecule has 0 radical (unpaired) electrons. The number of halogens is 2. The van der Waals surface area contributed by atoms with Crippen molar-refractivity contribution in [3.05, 3.63) is 23.7 Å². The minimum absolute atomic E-state index is 0.200. The van der Waals surface area contributed by atoms with E-state index in [4.69, 9.17) is 27.6 Å². The zero-order chi connectivity index (χ0) is 12.2. The average Bonchev–Trinajstić information content (AvgIpc) is 2.76.